The van der Waals surface area contributed by atoms with Gasteiger partial charge in [0.15, 0.2) is 0 Å². The van der Waals surface area contributed by atoms with E-state index >= 15 is 0 Å². The van der Waals surface area contributed by atoms with Crippen molar-refractivity contribution in [2.75, 3.05) is 31.3 Å². The Kier molecular flexibility index (Phi) is 7.23. The van der Waals surface area contributed by atoms with Crippen molar-refractivity contribution in [2.24, 2.45) is 0 Å². The van der Waals surface area contributed by atoms with Crippen LogP contribution < -0.4 is 15.4 Å². The molecule has 0 spiro atoms. The van der Waals surface area contributed by atoms with E-state index in [2.05, 4.69) is 17.6 Å². The molecule has 6 heteroatoms. The molecule has 2 aromatic carbocycles. The lowest BCUT2D eigenvalue weighted by Crippen LogP contribution is -2.22. The molecule has 1 atom stereocenters. The lowest BCUT2D eigenvalue weighted by molar-refractivity contribution is -0.114. The molecule has 2 N–H and O–H groups in total. The Balaban J connectivity index is 1.83. The molecule has 0 aliphatic carbocycles. The van der Waals surface area contributed by atoms with Crippen molar-refractivity contribution in [1.29, 1.82) is 0 Å². The van der Waals surface area contributed by atoms with E-state index in [9.17, 15) is 9.59 Å². The molecule has 2 aromatic rings. The SMILES string of the molecule is CCC(C)Oc1ccc(NC(=O)CNc2ccc(C(=O)N(C)C)cc2)cc1. The first-order valence-electron chi connectivity index (χ1n) is 9.01. The minimum atomic E-state index is -0.154. The first-order valence-corrected chi connectivity index (χ1v) is 9.01. The van der Waals surface area contributed by atoms with E-state index in [4.69, 9.17) is 4.74 Å². The highest BCUT2D eigenvalue weighted by molar-refractivity contribution is 5.95. The normalized spacial score (nSPS) is 11.4. The molecule has 0 saturated carbocycles. The molecule has 6 nitrogen and oxygen atoms in total. The summed E-state index contributed by atoms with van der Waals surface area (Å²) >= 11 is 0. The molecule has 0 bridgehead atoms. The van der Waals surface area contributed by atoms with Crippen LogP contribution in [0.2, 0.25) is 0 Å². The van der Waals surface area contributed by atoms with Crippen molar-refractivity contribution in [2.45, 2.75) is 26.4 Å². The predicted molar refractivity (Wildman–Crippen MR) is 108 cm³/mol. The molecule has 144 valence electrons. The summed E-state index contributed by atoms with van der Waals surface area (Å²) in [6.07, 6.45) is 1.10. The average molecular weight is 369 g/mol. The third-order valence-electron chi connectivity index (χ3n) is 4.04. The van der Waals surface area contributed by atoms with Gasteiger partial charge in [0.25, 0.3) is 5.91 Å². The monoisotopic (exact) mass is 369 g/mol. The topological polar surface area (TPSA) is 70.7 Å². The fraction of sp³-hybridized carbons (Fsp3) is 0.333. The number of amides is 2. The van der Waals surface area contributed by atoms with E-state index in [1.165, 1.54) is 4.90 Å². The lowest BCUT2D eigenvalue weighted by atomic mass is 10.2. The Morgan fingerprint density at radius 3 is 2.15 bits per heavy atom. The van der Waals surface area contributed by atoms with Gasteiger partial charge in [-0.2, -0.15) is 0 Å². The zero-order valence-corrected chi connectivity index (χ0v) is 16.3. The molecular formula is C21H27N3O3. The van der Waals surface area contributed by atoms with Crippen LogP contribution in [0.1, 0.15) is 30.6 Å². The summed E-state index contributed by atoms with van der Waals surface area (Å²) in [6.45, 7) is 4.22. The van der Waals surface area contributed by atoms with Crippen LogP contribution >= 0.6 is 0 Å². The van der Waals surface area contributed by atoms with E-state index in [-0.39, 0.29) is 24.5 Å². The molecule has 0 aliphatic rings. The van der Waals surface area contributed by atoms with Crippen LogP contribution in [0.4, 0.5) is 11.4 Å². The standard InChI is InChI=1S/C21H27N3O3/c1-5-15(2)27-19-12-10-18(11-13-19)23-20(25)14-22-17-8-6-16(7-9-17)21(26)24(3)4/h6-13,15,22H,5,14H2,1-4H3,(H,23,25). The van der Waals surface area contributed by atoms with Gasteiger partial charge >= 0.3 is 0 Å². The summed E-state index contributed by atoms with van der Waals surface area (Å²) in [4.78, 5) is 25.5. The Morgan fingerprint density at radius 2 is 1.59 bits per heavy atom. The van der Waals surface area contributed by atoms with E-state index in [0.29, 0.717) is 11.3 Å². The fourth-order valence-electron chi connectivity index (χ4n) is 2.31. The molecule has 2 amide bonds. The van der Waals surface area contributed by atoms with Crippen molar-refractivity contribution >= 4 is 23.2 Å². The summed E-state index contributed by atoms with van der Waals surface area (Å²) in [5, 5.41) is 5.88. The maximum Gasteiger partial charge on any atom is 0.253 e. The molecule has 0 aromatic heterocycles. The molecular weight excluding hydrogens is 342 g/mol. The number of nitrogens with one attached hydrogen (secondary N) is 2. The molecule has 1 unspecified atom stereocenters. The van der Waals surface area contributed by atoms with Crippen LogP contribution in [-0.4, -0.2) is 43.5 Å². The first kappa shape index (κ1) is 20.3. The number of ether oxygens (including phenoxy) is 1. The van der Waals surface area contributed by atoms with E-state index in [1.807, 2.05) is 31.2 Å². The quantitative estimate of drug-likeness (QED) is 0.746. The second-order valence-corrected chi connectivity index (χ2v) is 6.54. The zero-order valence-electron chi connectivity index (χ0n) is 16.3. The van der Waals surface area contributed by atoms with Crippen LogP contribution in [0.15, 0.2) is 48.5 Å². The van der Waals surface area contributed by atoms with Gasteiger partial charge in [0.1, 0.15) is 5.75 Å². The highest BCUT2D eigenvalue weighted by Gasteiger charge is 2.08. The van der Waals surface area contributed by atoms with Crippen LogP contribution in [0, 0.1) is 0 Å². The van der Waals surface area contributed by atoms with Crippen molar-refractivity contribution in [3.05, 3.63) is 54.1 Å². The number of anilines is 2. The van der Waals surface area contributed by atoms with Gasteiger partial charge in [-0.15, -0.1) is 0 Å². The van der Waals surface area contributed by atoms with Crippen LogP contribution in [-0.2, 0) is 4.79 Å². The molecule has 27 heavy (non-hydrogen) atoms. The molecule has 2 rings (SSSR count). The molecule has 0 radical (unpaired) electrons. The maximum absolute atomic E-state index is 12.1. The minimum absolute atomic E-state index is 0.0555. The predicted octanol–water partition coefficient (Wildman–Crippen LogP) is 3.62. The minimum Gasteiger partial charge on any atom is -0.491 e. The summed E-state index contributed by atoms with van der Waals surface area (Å²) in [6, 6.07) is 14.4. The summed E-state index contributed by atoms with van der Waals surface area (Å²) in [7, 11) is 3.42. The van der Waals surface area contributed by atoms with E-state index in [0.717, 1.165) is 17.9 Å². The highest BCUT2D eigenvalue weighted by atomic mass is 16.5. The van der Waals surface area contributed by atoms with Gasteiger partial charge in [-0.05, 0) is 61.9 Å². The number of nitrogens with zero attached hydrogens (tertiary/aromatic N) is 1. The van der Waals surface area contributed by atoms with Crippen molar-refractivity contribution in [1.82, 2.24) is 4.90 Å². The van der Waals surface area contributed by atoms with Crippen LogP contribution in [0.5, 0.6) is 5.75 Å². The van der Waals surface area contributed by atoms with Gasteiger partial charge in [0.2, 0.25) is 5.91 Å². The van der Waals surface area contributed by atoms with Gasteiger partial charge < -0.3 is 20.3 Å². The van der Waals surface area contributed by atoms with Gasteiger partial charge in [0, 0.05) is 31.0 Å². The summed E-state index contributed by atoms with van der Waals surface area (Å²) < 4.78 is 5.72. The number of hydrogen-bond donors (Lipinski definition) is 2. The lowest BCUT2D eigenvalue weighted by Gasteiger charge is -2.13. The van der Waals surface area contributed by atoms with E-state index in [1.54, 1.807) is 38.4 Å². The van der Waals surface area contributed by atoms with Gasteiger partial charge in [0.05, 0.1) is 12.6 Å². The number of carbonyl (C=O) groups is 2. The Labute approximate surface area is 160 Å². The molecule has 0 aliphatic heterocycles. The molecule has 0 saturated heterocycles. The molecule has 0 heterocycles. The number of benzene rings is 2. The van der Waals surface area contributed by atoms with Crippen LogP contribution in [0.25, 0.3) is 0 Å². The number of hydrogen-bond acceptors (Lipinski definition) is 4. The maximum atomic E-state index is 12.1. The largest absolute Gasteiger partial charge is 0.491 e. The van der Waals surface area contributed by atoms with Crippen molar-refractivity contribution in [3.63, 3.8) is 0 Å². The van der Waals surface area contributed by atoms with Gasteiger partial charge in [-0.25, -0.2) is 0 Å². The first-order chi connectivity index (χ1) is 12.9. The zero-order chi connectivity index (χ0) is 19.8. The fourth-order valence-corrected chi connectivity index (χ4v) is 2.31. The Morgan fingerprint density at radius 1 is 1.00 bits per heavy atom. The summed E-state index contributed by atoms with van der Waals surface area (Å²) in [5.74, 6) is 0.576. The average Bonchev–Trinajstić information content (AvgIpc) is 2.67. The summed E-state index contributed by atoms with van der Waals surface area (Å²) in [5.41, 5.74) is 2.10. The van der Waals surface area contributed by atoms with E-state index < -0.39 is 0 Å². The third-order valence-corrected chi connectivity index (χ3v) is 4.04. The Hall–Kier alpha value is -3.02. The highest BCUT2D eigenvalue weighted by Crippen LogP contribution is 2.17. The third kappa shape index (κ3) is 6.33. The van der Waals surface area contributed by atoms with Crippen LogP contribution in [0.3, 0.4) is 0 Å². The smallest absolute Gasteiger partial charge is 0.253 e. The van der Waals surface area contributed by atoms with Crippen molar-refractivity contribution in [3.8, 4) is 5.75 Å². The van der Waals surface area contributed by atoms with Crippen molar-refractivity contribution < 1.29 is 14.3 Å². The Bertz CT molecular complexity index is 755. The number of carbonyl (C=O) groups excluding carboxylic acids is 2. The second kappa shape index (κ2) is 9.62. The molecule has 0 fully saturated rings. The second-order valence-electron chi connectivity index (χ2n) is 6.54. The van der Waals surface area contributed by atoms with Gasteiger partial charge in [-0.1, -0.05) is 6.92 Å². The van der Waals surface area contributed by atoms with Gasteiger partial charge in [-0.3, -0.25) is 9.59 Å². The number of rotatable bonds is 8.